The van der Waals surface area contributed by atoms with Crippen LogP contribution in [0.3, 0.4) is 0 Å². The van der Waals surface area contributed by atoms with Gasteiger partial charge in [-0.05, 0) is 74.3 Å². The molecule has 0 atom stereocenters. The summed E-state index contributed by atoms with van der Waals surface area (Å²) in [6, 6.07) is 14.4. The van der Waals surface area contributed by atoms with Crippen LogP contribution >= 0.6 is 0 Å². The lowest BCUT2D eigenvalue weighted by Crippen LogP contribution is -2.25. The van der Waals surface area contributed by atoms with Gasteiger partial charge < -0.3 is 15.0 Å². The Hall–Kier alpha value is -5.16. The second-order valence-corrected chi connectivity index (χ2v) is 11.7. The summed E-state index contributed by atoms with van der Waals surface area (Å²) in [6.07, 6.45) is 9.81. The van der Waals surface area contributed by atoms with E-state index in [1.54, 1.807) is 18.6 Å². The van der Waals surface area contributed by atoms with Crippen molar-refractivity contribution in [2.45, 2.75) is 39.0 Å². The van der Waals surface area contributed by atoms with Gasteiger partial charge in [-0.25, -0.2) is 9.37 Å². The Balaban J connectivity index is 1.17. The first kappa shape index (κ1) is 29.5. The van der Waals surface area contributed by atoms with Crippen molar-refractivity contribution in [3.05, 3.63) is 72.9 Å². The van der Waals surface area contributed by atoms with Crippen LogP contribution in [-0.2, 0) is 4.79 Å². The summed E-state index contributed by atoms with van der Waals surface area (Å²) in [4.78, 5) is 31.8. The van der Waals surface area contributed by atoms with E-state index in [9.17, 15) is 9.18 Å². The fourth-order valence-corrected chi connectivity index (χ4v) is 5.94. The predicted molar refractivity (Wildman–Crippen MR) is 177 cm³/mol. The Labute approximate surface area is 265 Å². The molecule has 1 saturated heterocycles. The monoisotopic (exact) mass is 618 g/mol. The van der Waals surface area contributed by atoms with Crippen LogP contribution in [0.2, 0.25) is 0 Å². The number of imidazole rings is 1. The van der Waals surface area contributed by atoms with Gasteiger partial charge in [0.2, 0.25) is 5.91 Å². The lowest BCUT2D eigenvalue weighted by atomic mass is 10.0. The van der Waals surface area contributed by atoms with Crippen LogP contribution in [0, 0.1) is 5.82 Å². The number of pyridine rings is 2. The molecule has 7 rings (SSSR count). The molecule has 6 aromatic rings. The molecule has 2 aromatic carbocycles. The zero-order chi connectivity index (χ0) is 31.5. The summed E-state index contributed by atoms with van der Waals surface area (Å²) in [7, 11) is 0. The standard InChI is InChI=1S/C35H35FN8O2/c1-2-3-6-31(45)39-26-16-24(20-37-21-26)22-7-8-29-28(18-22)33(43-42-29)35-40-30-9-10-38-32(34(30)41-35)23-15-25(36)19-27(17-23)46-14-13-44-11-4-5-12-44/h7-10,15-21H,2-6,11-14H2,1H3,(H,39,45)(H,40,41)(H,42,43). The van der Waals surface area contributed by atoms with Crippen molar-refractivity contribution < 1.29 is 13.9 Å². The fraction of sp³-hybridized carbons (Fsp3) is 0.286. The lowest BCUT2D eigenvalue weighted by Gasteiger charge is -2.15. The topological polar surface area (TPSA) is 125 Å². The van der Waals surface area contributed by atoms with Crippen molar-refractivity contribution in [2.75, 3.05) is 31.6 Å². The fourth-order valence-electron chi connectivity index (χ4n) is 5.94. The molecule has 0 aliphatic carbocycles. The average Bonchev–Trinajstić information content (AvgIpc) is 3.83. The van der Waals surface area contributed by atoms with Crippen LogP contribution in [0.1, 0.15) is 39.0 Å². The quantitative estimate of drug-likeness (QED) is 0.143. The summed E-state index contributed by atoms with van der Waals surface area (Å²) < 4.78 is 20.7. The van der Waals surface area contributed by atoms with Crippen molar-refractivity contribution in [3.63, 3.8) is 0 Å². The maximum absolute atomic E-state index is 14.8. The van der Waals surface area contributed by atoms with Crippen molar-refractivity contribution >= 4 is 33.5 Å². The molecular weight excluding hydrogens is 583 g/mol. The number of aromatic nitrogens is 6. The molecular formula is C35H35FN8O2. The number of H-pyrrole nitrogens is 2. The molecule has 3 N–H and O–H groups in total. The summed E-state index contributed by atoms with van der Waals surface area (Å²) in [6.45, 7) is 5.54. The largest absolute Gasteiger partial charge is 0.492 e. The van der Waals surface area contributed by atoms with Gasteiger partial charge in [-0.2, -0.15) is 5.10 Å². The second-order valence-electron chi connectivity index (χ2n) is 11.7. The third-order valence-electron chi connectivity index (χ3n) is 8.32. The minimum absolute atomic E-state index is 0.0216. The number of hydrogen-bond donors (Lipinski definition) is 3. The number of carbonyl (C=O) groups excluding carboxylic acids is 1. The molecule has 0 bridgehead atoms. The van der Waals surface area contributed by atoms with E-state index in [2.05, 4.69) is 42.3 Å². The normalized spacial score (nSPS) is 13.5. The maximum Gasteiger partial charge on any atom is 0.224 e. The summed E-state index contributed by atoms with van der Waals surface area (Å²) in [5.41, 5.74) is 6.41. The third kappa shape index (κ3) is 6.32. The number of rotatable bonds is 11. The minimum atomic E-state index is -0.395. The molecule has 46 heavy (non-hydrogen) atoms. The minimum Gasteiger partial charge on any atom is -0.492 e. The Bertz CT molecular complexity index is 2010. The van der Waals surface area contributed by atoms with Gasteiger partial charge in [0.15, 0.2) is 5.82 Å². The van der Waals surface area contributed by atoms with Crippen molar-refractivity contribution in [1.29, 1.82) is 0 Å². The molecule has 10 nitrogen and oxygen atoms in total. The first-order valence-corrected chi connectivity index (χ1v) is 15.8. The van der Waals surface area contributed by atoms with Crippen molar-refractivity contribution in [1.82, 2.24) is 35.0 Å². The predicted octanol–water partition coefficient (Wildman–Crippen LogP) is 6.97. The molecule has 11 heteroatoms. The number of fused-ring (bicyclic) bond motifs is 2. The molecule has 4 aromatic heterocycles. The van der Waals surface area contributed by atoms with Gasteiger partial charge in [0.1, 0.15) is 29.4 Å². The molecule has 1 fully saturated rings. The van der Waals surface area contributed by atoms with E-state index < -0.39 is 5.82 Å². The number of hydrogen-bond acceptors (Lipinski definition) is 7. The number of likely N-dealkylation sites (tertiary alicyclic amines) is 1. The van der Waals surface area contributed by atoms with Gasteiger partial charge in [0.25, 0.3) is 0 Å². The van der Waals surface area contributed by atoms with Crippen molar-refractivity contribution in [3.8, 4) is 39.7 Å². The number of benzene rings is 2. The molecule has 234 valence electrons. The van der Waals surface area contributed by atoms with E-state index in [1.165, 1.54) is 25.0 Å². The number of amides is 1. The molecule has 0 radical (unpaired) electrons. The first-order chi connectivity index (χ1) is 22.5. The van der Waals surface area contributed by atoms with E-state index in [1.807, 2.05) is 36.4 Å². The van der Waals surface area contributed by atoms with Crippen molar-refractivity contribution in [2.24, 2.45) is 0 Å². The zero-order valence-electron chi connectivity index (χ0n) is 25.6. The van der Waals surface area contributed by atoms with E-state index in [0.717, 1.165) is 60.0 Å². The molecule has 0 saturated carbocycles. The Morgan fingerprint density at radius 3 is 2.76 bits per heavy atom. The van der Waals surface area contributed by atoms with Crippen LogP contribution in [-0.4, -0.2) is 67.2 Å². The summed E-state index contributed by atoms with van der Waals surface area (Å²) in [5.74, 6) is 0.606. The lowest BCUT2D eigenvalue weighted by molar-refractivity contribution is -0.116. The number of aromatic amines is 2. The number of halogens is 1. The highest BCUT2D eigenvalue weighted by Gasteiger charge is 2.18. The molecule has 0 unspecified atom stereocenters. The number of carbonyl (C=O) groups is 1. The van der Waals surface area contributed by atoms with Gasteiger partial charge in [-0.1, -0.05) is 19.4 Å². The van der Waals surface area contributed by atoms with E-state index in [-0.39, 0.29) is 5.91 Å². The average molecular weight is 619 g/mol. The summed E-state index contributed by atoms with van der Waals surface area (Å²) >= 11 is 0. The molecule has 0 spiro atoms. The Kier molecular flexibility index (Phi) is 8.39. The van der Waals surface area contributed by atoms with E-state index in [0.29, 0.717) is 52.8 Å². The number of nitrogens with one attached hydrogen (secondary N) is 3. The van der Waals surface area contributed by atoms with Crippen LogP contribution in [0.4, 0.5) is 10.1 Å². The molecule has 1 aliphatic heterocycles. The molecule has 1 amide bonds. The van der Waals surface area contributed by atoms with Gasteiger partial charge in [-0.3, -0.25) is 24.8 Å². The highest BCUT2D eigenvalue weighted by atomic mass is 19.1. The van der Waals surface area contributed by atoms with Gasteiger partial charge in [0.05, 0.1) is 28.6 Å². The van der Waals surface area contributed by atoms with E-state index in [4.69, 9.17) is 9.72 Å². The van der Waals surface area contributed by atoms with Gasteiger partial charge in [0, 0.05) is 47.9 Å². The first-order valence-electron chi connectivity index (χ1n) is 15.8. The SMILES string of the molecule is CCCCC(=O)Nc1cncc(-c2ccc3[nH]nc(-c4nc5c(-c6cc(F)cc(OCCN7CCCC7)c6)nccc5[nH]4)c3c2)c1. The number of unbranched alkanes of at least 4 members (excludes halogenated alkanes) is 1. The van der Waals surface area contributed by atoms with Crippen LogP contribution < -0.4 is 10.1 Å². The molecule has 5 heterocycles. The highest BCUT2D eigenvalue weighted by Crippen LogP contribution is 2.34. The number of anilines is 1. The van der Waals surface area contributed by atoms with Crippen LogP contribution in [0.5, 0.6) is 5.75 Å². The summed E-state index contributed by atoms with van der Waals surface area (Å²) in [5, 5.41) is 11.5. The maximum atomic E-state index is 14.8. The number of nitrogens with zero attached hydrogens (tertiary/aromatic N) is 5. The van der Waals surface area contributed by atoms with Gasteiger partial charge >= 0.3 is 0 Å². The highest BCUT2D eigenvalue weighted by molar-refractivity contribution is 5.98. The second kappa shape index (κ2) is 13.1. The Morgan fingerprint density at radius 2 is 1.89 bits per heavy atom. The van der Waals surface area contributed by atoms with Crippen LogP contribution in [0.15, 0.2) is 67.1 Å². The van der Waals surface area contributed by atoms with Gasteiger partial charge in [-0.15, -0.1) is 0 Å². The van der Waals surface area contributed by atoms with E-state index >= 15 is 0 Å². The third-order valence-corrected chi connectivity index (χ3v) is 8.32. The smallest absolute Gasteiger partial charge is 0.224 e. The van der Waals surface area contributed by atoms with Crippen LogP contribution in [0.25, 0.3) is 55.8 Å². The zero-order valence-corrected chi connectivity index (χ0v) is 25.6. The Morgan fingerprint density at radius 1 is 1.00 bits per heavy atom. The number of ether oxygens (including phenoxy) is 1. The molecule has 1 aliphatic rings.